The van der Waals surface area contributed by atoms with Crippen molar-refractivity contribution in [2.24, 2.45) is 0 Å². The molecule has 1 aromatic carbocycles. The third-order valence-electron chi connectivity index (χ3n) is 2.62. The summed E-state index contributed by atoms with van der Waals surface area (Å²) in [5.41, 5.74) is 0.606. The van der Waals surface area contributed by atoms with Crippen LogP contribution in [0.4, 0.5) is 0 Å². The summed E-state index contributed by atoms with van der Waals surface area (Å²) in [4.78, 5) is 25.1. The molecular weight excluding hydrogens is 284 g/mol. The van der Waals surface area contributed by atoms with Gasteiger partial charge in [-0.25, -0.2) is 0 Å². The average molecular weight is 297 g/mol. The van der Waals surface area contributed by atoms with E-state index in [0.29, 0.717) is 18.7 Å². The summed E-state index contributed by atoms with van der Waals surface area (Å²) in [6, 6.07) is 7.21. The number of benzene rings is 1. The van der Waals surface area contributed by atoms with E-state index in [0.717, 1.165) is 10.9 Å². The van der Waals surface area contributed by atoms with Crippen molar-refractivity contribution in [3.05, 3.63) is 34.3 Å². The van der Waals surface area contributed by atoms with Gasteiger partial charge >= 0.3 is 0 Å². The van der Waals surface area contributed by atoms with Crippen LogP contribution in [0, 0.1) is 0 Å². The number of halogens is 1. The van der Waals surface area contributed by atoms with Gasteiger partial charge in [0, 0.05) is 23.1 Å². The van der Waals surface area contributed by atoms with E-state index in [9.17, 15) is 9.59 Å². The lowest BCUT2D eigenvalue weighted by molar-refractivity contribution is -0.121. The summed E-state index contributed by atoms with van der Waals surface area (Å²) in [5, 5.41) is 2.75. The summed E-state index contributed by atoms with van der Waals surface area (Å²) in [5.74, 6) is -0.186. The van der Waals surface area contributed by atoms with Gasteiger partial charge in [0.25, 0.3) is 5.91 Å². The van der Waals surface area contributed by atoms with Crippen molar-refractivity contribution in [2.75, 3.05) is 19.6 Å². The van der Waals surface area contributed by atoms with Gasteiger partial charge in [-0.1, -0.05) is 22.0 Å². The highest BCUT2D eigenvalue weighted by molar-refractivity contribution is 9.10. The molecule has 0 aliphatic carbocycles. The molecule has 1 aromatic rings. The molecular formula is C12H13BrN2O2. The Morgan fingerprint density at radius 1 is 1.41 bits per heavy atom. The minimum absolute atomic E-state index is 0.0918. The summed E-state index contributed by atoms with van der Waals surface area (Å²) < 4.78 is 0.864. The van der Waals surface area contributed by atoms with Gasteiger partial charge in [-0.15, -0.1) is 0 Å². The lowest BCUT2D eigenvalue weighted by Crippen LogP contribution is -2.37. The first-order valence-electron chi connectivity index (χ1n) is 5.48. The highest BCUT2D eigenvalue weighted by atomic mass is 79.9. The van der Waals surface area contributed by atoms with Crippen molar-refractivity contribution in [1.29, 1.82) is 0 Å². The Hall–Kier alpha value is -1.36. The molecule has 5 heteroatoms. The van der Waals surface area contributed by atoms with Crippen molar-refractivity contribution in [3.63, 3.8) is 0 Å². The highest BCUT2D eigenvalue weighted by Gasteiger charge is 2.20. The molecule has 0 bridgehead atoms. The Labute approximate surface area is 108 Å². The van der Waals surface area contributed by atoms with Crippen molar-refractivity contribution in [1.82, 2.24) is 10.2 Å². The Morgan fingerprint density at radius 3 is 3.00 bits per heavy atom. The highest BCUT2D eigenvalue weighted by Crippen LogP contribution is 2.14. The van der Waals surface area contributed by atoms with Gasteiger partial charge in [-0.2, -0.15) is 0 Å². The summed E-state index contributed by atoms with van der Waals surface area (Å²) in [7, 11) is 0. The molecule has 2 rings (SSSR count). The SMILES string of the molecule is O=C1CN(C(=O)c2cccc(Br)c2)CCCN1. The molecule has 1 heterocycles. The van der Waals surface area contributed by atoms with Gasteiger partial charge in [0.1, 0.15) is 0 Å². The lowest BCUT2D eigenvalue weighted by Gasteiger charge is -2.19. The maximum absolute atomic E-state index is 12.2. The Balaban J connectivity index is 2.16. The van der Waals surface area contributed by atoms with Crippen LogP contribution in [0.3, 0.4) is 0 Å². The number of rotatable bonds is 1. The average Bonchev–Trinajstić information content (AvgIpc) is 2.53. The van der Waals surface area contributed by atoms with Crippen molar-refractivity contribution in [2.45, 2.75) is 6.42 Å². The first-order valence-corrected chi connectivity index (χ1v) is 6.27. The van der Waals surface area contributed by atoms with Crippen LogP contribution in [-0.2, 0) is 4.79 Å². The zero-order valence-corrected chi connectivity index (χ0v) is 10.9. The van der Waals surface area contributed by atoms with Gasteiger partial charge < -0.3 is 10.2 Å². The standard InChI is InChI=1S/C12H13BrN2O2/c13-10-4-1-3-9(7-10)12(17)15-6-2-5-14-11(16)8-15/h1,3-4,7H,2,5-6,8H2,(H,14,16). The Kier molecular flexibility index (Phi) is 3.78. The maximum Gasteiger partial charge on any atom is 0.254 e. The fourth-order valence-corrected chi connectivity index (χ4v) is 2.18. The van der Waals surface area contributed by atoms with Crippen molar-refractivity contribution in [3.8, 4) is 0 Å². The molecule has 0 radical (unpaired) electrons. The first-order chi connectivity index (χ1) is 8.16. The van der Waals surface area contributed by atoms with E-state index in [1.807, 2.05) is 12.1 Å². The number of carbonyl (C=O) groups is 2. The quantitative estimate of drug-likeness (QED) is 0.852. The van der Waals surface area contributed by atoms with Crippen LogP contribution >= 0.6 is 15.9 Å². The molecule has 1 saturated heterocycles. The second-order valence-corrected chi connectivity index (χ2v) is 4.86. The van der Waals surface area contributed by atoms with E-state index in [1.54, 1.807) is 17.0 Å². The molecule has 90 valence electrons. The van der Waals surface area contributed by atoms with Crippen LogP contribution in [0.25, 0.3) is 0 Å². The number of amides is 2. The van der Waals surface area contributed by atoms with Crippen LogP contribution in [0.1, 0.15) is 16.8 Å². The van der Waals surface area contributed by atoms with Gasteiger partial charge in [0.05, 0.1) is 6.54 Å². The van der Waals surface area contributed by atoms with Crippen LogP contribution in [0.15, 0.2) is 28.7 Å². The van der Waals surface area contributed by atoms with Gasteiger partial charge in [0.15, 0.2) is 0 Å². The number of hydrogen-bond acceptors (Lipinski definition) is 2. The molecule has 1 aliphatic heterocycles. The summed E-state index contributed by atoms with van der Waals surface area (Å²) in [6.45, 7) is 1.40. The second-order valence-electron chi connectivity index (χ2n) is 3.94. The van der Waals surface area contributed by atoms with Crippen LogP contribution in [0.5, 0.6) is 0 Å². The summed E-state index contributed by atoms with van der Waals surface area (Å²) in [6.07, 6.45) is 0.797. The molecule has 1 aliphatic rings. The number of carbonyl (C=O) groups excluding carboxylic acids is 2. The second kappa shape index (κ2) is 5.31. The van der Waals surface area contributed by atoms with Gasteiger partial charge in [-0.3, -0.25) is 9.59 Å². The molecule has 1 fully saturated rings. The fourth-order valence-electron chi connectivity index (χ4n) is 1.78. The Bertz CT molecular complexity index is 448. The van der Waals surface area contributed by atoms with Gasteiger partial charge in [0.2, 0.25) is 5.91 Å². The topological polar surface area (TPSA) is 49.4 Å². The maximum atomic E-state index is 12.2. The molecule has 1 N–H and O–H groups in total. The lowest BCUT2D eigenvalue weighted by atomic mass is 10.2. The third kappa shape index (κ3) is 3.06. The van der Waals surface area contributed by atoms with E-state index < -0.39 is 0 Å². The third-order valence-corrected chi connectivity index (χ3v) is 3.11. The minimum Gasteiger partial charge on any atom is -0.354 e. The zero-order chi connectivity index (χ0) is 12.3. The molecule has 0 atom stereocenters. The summed E-state index contributed by atoms with van der Waals surface area (Å²) >= 11 is 3.33. The van der Waals surface area contributed by atoms with Crippen molar-refractivity contribution < 1.29 is 9.59 Å². The molecule has 0 aromatic heterocycles. The van der Waals surface area contributed by atoms with E-state index in [-0.39, 0.29) is 18.4 Å². The number of nitrogens with zero attached hydrogens (tertiary/aromatic N) is 1. The smallest absolute Gasteiger partial charge is 0.254 e. The molecule has 0 unspecified atom stereocenters. The van der Waals surface area contributed by atoms with E-state index >= 15 is 0 Å². The molecule has 4 nitrogen and oxygen atoms in total. The van der Waals surface area contributed by atoms with Crippen LogP contribution in [0.2, 0.25) is 0 Å². The molecule has 2 amide bonds. The number of hydrogen-bond donors (Lipinski definition) is 1. The minimum atomic E-state index is -0.0941. The zero-order valence-electron chi connectivity index (χ0n) is 9.28. The van der Waals surface area contributed by atoms with E-state index in [2.05, 4.69) is 21.2 Å². The predicted octanol–water partition coefficient (Wildman–Crippen LogP) is 1.41. The van der Waals surface area contributed by atoms with Crippen LogP contribution < -0.4 is 5.32 Å². The molecule has 17 heavy (non-hydrogen) atoms. The normalized spacial score (nSPS) is 16.3. The first kappa shape index (κ1) is 12.1. The van der Waals surface area contributed by atoms with E-state index in [1.165, 1.54) is 0 Å². The Morgan fingerprint density at radius 2 is 2.24 bits per heavy atom. The fraction of sp³-hybridized carbons (Fsp3) is 0.333. The molecule has 0 saturated carbocycles. The van der Waals surface area contributed by atoms with Crippen molar-refractivity contribution >= 4 is 27.7 Å². The van der Waals surface area contributed by atoms with E-state index in [4.69, 9.17) is 0 Å². The predicted molar refractivity (Wildman–Crippen MR) is 67.7 cm³/mol. The number of nitrogens with one attached hydrogen (secondary N) is 1. The monoisotopic (exact) mass is 296 g/mol. The van der Waals surface area contributed by atoms with Gasteiger partial charge in [-0.05, 0) is 24.6 Å². The molecule has 0 spiro atoms. The van der Waals surface area contributed by atoms with Crippen LogP contribution in [-0.4, -0.2) is 36.3 Å². The largest absolute Gasteiger partial charge is 0.354 e.